The number of methoxy groups -OCH3 is 1. The number of carbonyl (C=O) groups is 2. The minimum absolute atomic E-state index is 0.121. The summed E-state index contributed by atoms with van der Waals surface area (Å²) in [6, 6.07) is 11.5. The van der Waals surface area contributed by atoms with Crippen LogP contribution in [0, 0.1) is 5.92 Å². The summed E-state index contributed by atoms with van der Waals surface area (Å²) in [5.41, 5.74) is 0.0114. The molecule has 8 heteroatoms. The Morgan fingerprint density at radius 2 is 1.81 bits per heavy atom. The summed E-state index contributed by atoms with van der Waals surface area (Å²) in [6.07, 6.45) is -4.49. The summed E-state index contributed by atoms with van der Waals surface area (Å²) in [4.78, 5) is 27.4. The molecule has 1 heterocycles. The van der Waals surface area contributed by atoms with E-state index in [1.54, 1.807) is 30.3 Å². The van der Waals surface area contributed by atoms with Crippen molar-refractivity contribution in [2.75, 3.05) is 20.2 Å². The number of nitrogens with zero attached hydrogens (tertiary/aromatic N) is 1. The molecule has 2 amide bonds. The first-order valence-electron chi connectivity index (χ1n) is 10.0. The smallest absolute Gasteiger partial charge is 0.416 e. The van der Waals surface area contributed by atoms with E-state index in [-0.39, 0.29) is 30.9 Å². The van der Waals surface area contributed by atoms with E-state index in [1.165, 1.54) is 18.1 Å². The summed E-state index contributed by atoms with van der Waals surface area (Å²) >= 11 is 0. The molecule has 1 fully saturated rings. The number of carbonyl (C=O) groups excluding carboxylic acids is 2. The number of alkyl halides is 3. The Morgan fingerprint density at radius 3 is 2.45 bits per heavy atom. The minimum atomic E-state index is -4.49. The van der Waals surface area contributed by atoms with Gasteiger partial charge >= 0.3 is 6.18 Å². The maximum Gasteiger partial charge on any atom is 0.416 e. The zero-order valence-corrected chi connectivity index (χ0v) is 17.6. The molecule has 3 rings (SSSR count). The van der Waals surface area contributed by atoms with Crippen molar-refractivity contribution in [3.8, 4) is 5.75 Å². The van der Waals surface area contributed by atoms with Gasteiger partial charge in [0, 0.05) is 30.6 Å². The topological polar surface area (TPSA) is 58.6 Å². The highest BCUT2D eigenvalue weighted by molar-refractivity contribution is 5.95. The highest BCUT2D eigenvalue weighted by Crippen LogP contribution is 2.37. The largest absolute Gasteiger partial charge is 0.497 e. The lowest BCUT2D eigenvalue weighted by atomic mass is 9.87. The molecule has 166 valence electrons. The molecule has 1 N–H and O–H groups in total. The monoisotopic (exact) mass is 434 g/mol. The van der Waals surface area contributed by atoms with Crippen LogP contribution in [0.4, 0.5) is 13.2 Å². The second-order valence-corrected chi connectivity index (χ2v) is 7.94. The number of likely N-dealkylation sites (tertiary alicyclic amines) is 1. The zero-order valence-electron chi connectivity index (χ0n) is 17.6. The molecule has 0 bridgehead atoms. The standard InChI is InChI=1S/C23H25F3N2O3/c1-14(2)27-21(29)20-13-28(22(30)16-7-5-9-18(11-16)31-3)12-19(20)15-6-4-8-17(10-15)23(24,25)26/h4-11,14,19-20H,12-13H2,1-3H3,(H,27,29)/t19-,20+/m1/s1. The van der Waals surface area contributed by atoms with Crippen molar-refractivity contribution in [1.29, 1.82) is 0 Å². The highest BCUT2D eigenvalue weighted by atomic mass is 19.4. The average molecular weight is 434 g/mol. The SMILES string of the molecule is COc1cccc(C(=O)N2C[C@H](C(=O)NC(C)C)[C@@H](c3cccc(C(F)(F)F)c3)C2)c1. The summed E-state index contributed by atoms with van der Waals surface area (Å²) in [5, 5.41) is 2.83. The van der Waals surface area contributed by atoms with Gasteiger partial charge in [0.15, 0.2) is 0 Å². The Morgan fingerprint density at radius 1 is 1.10 bits per heavy atom. The second kappa shape index (κ2) is 8.99. The molecule has 2 aromatic carbocycles. The molecule has 0 spiro atoms. The molecule has 1 aliphatic rings. The van der Waals surface area contributed by atoms with Gasteiger partial charge in [-0.1, -0.05) is 24.3 Å². The second-order valence-electron chi connectivity index (χ2n) is 7.94. The van der Waals surface area contributed by atoms with E-state index in [0.29, 0.717) is 16.9 Å². The molecular weight excluding hydrogens is 409 g/mol. The van der Waals surface area contributed by atoms with E-state index in [9.17, 15) is 22.8 Å². The third-order valence-corrected chi connectivity index (χ3v) is 5.33. The van der Waals surface area contributed by atoms with Crippen molar-refractivity contribution in [2.45, 2.75) is 32.0 Å². The summed E-state index contributed by atoms with van der Waals surface area (Å²) in [5.74, 6) is -1.25. The number of ether oxygens (including phenoxy) is 1. The maximum atomic E-state index is 13.2. The first-order valence-corrected chi connectivity index (χ1v) is 10.0. The fourth-order valence-corrected chi connectivity index (χ4v) is 3.85. The summed E-state index contributed by atoms with van der Waals surface area (Å²) in [7, 11) is 1.50. The molecule has 1 saturated heterocycles. The number of hydrogen-bond acceptors (Lipinski definition) is 3. The van der Waals surface area contributed by atoms with Crippen LogP contribution in [0.5, 0.6) is 5.75 Å². The Balaban J connectivity index is 1.92. The van der Waals surface area contributed by atoms with Crippen molar-refractivity contribution in [2.24, 2.45) is 5.92 Å². The van der Waals surface area contributed by atoms with Crippen molar-refractivity contribution in [1.82, 2.24) is 10.2 Å². The molecule has 0 unspecified atom stereocenters. The molecule has 0 aromatic heterocycles. The fraction of sp³-hybridized carbons (Fsp3) is 0.391. The number of halogens is 3. The lowest BCUT2D eigenvalue weighted by Gasteiger charge is -2.20. The Hall–Kier alpha value is -3.03. The molecule has 1 aliphatic heterocycles. The third-order valence-electron chi connectivity index (χ3n) is 5.33. The lowest BCUT2D eigenvalue weighted by Crippen LogP contribution is -2.39. The van der Waals surface area contributed by atoms with Crippen molar-refractivity contribution < 1.29 is 27.5 Å². The summed E-state index contributed by atoms with van der Waals surface area (Å²) < 4.78 is 44.8. The molecular formula is C23H25F3N2O3. The van der Waals surface area contributed by atoms with E-state index in [4.69, 9.17) is 4.74 Å². The van der Waals surface area contributed by atoms with E-state index in [2.05, 4.69) is 5.32 Å². The zero-order chi connectivity index (χ0) is 22.8. The van der Waals surface area contributed by atoms with Crippen LogP contribution >= 0.6 is 0 Å². The van der Waals surface area contributed by atoms with Gasteiger partial charge < -0.3 is 15.0 Å². The fourth-order valence-electron chi connectivity index (χ4n) is 3.85. The predicted octanol–water partition coefficient (Wildman–Crippen LogP) is 4.09. The Kier molecular flexibility index (Phi) is 6.57. The third kappa shape index (κ3) is 5.18. The van der Waals surface area contributed by atoms with E-state index < -0.39 is 23.6 Å². The first kappa shape index (κ1) is 22.7. The van der Waals surface area contributed by atoms with Crippen LogP contribution in [0.15, 0.2) is 48.5 Å². The molecule has 0 radical (unpaired) electrons. The van der Waals surface area contributed by atoms with Crippen LogP contribution in [-0.4, -0.2) is 43.0 Å². The average Bonchev–Trinajstić information content (AvgIpc) is 3.18. The molecule has 5 nitrogen and oxygen atoms in total. The van der Waals surface area contributed by atoms with Crippen LogP contribution in [0.2, 0.25) is 0 Å². The Labute approximate surface area is 179 Å². The van der Waals surface area contributed by atoms with Gasteiger partial charge in [0.1, 0.15) is 5.75 Å². The van der Waals surface area contributed by atoms with Crippen LogP contribution < -0.4 is 10.1 Å². The van der Waals surface area contributed by atoms with Gasteiger partial charge in [0.25, 0.3) is 5.91 Å². The highest BCUT2D eigenvalue weighted by Gasteiger charge is 2.41. The predicted molar refractivity (Wildman–Crippen MR) is 110 cm³/mol. The molecule has 0 aliphatic carbocycles. The van der Waals surface area contributed by atoms with Crippen LogP contribution in [-0.2, 0) is 11.0 Å². The van der Waals surface area contributed by atoms with Crippen LogP contribution in [0.3, 0.4) is 0 Å². The van der Waals surface area contributed by atoms with Crippen molar-refractivity contribution in [3.05, 3.63) is 65.2 Å². The van der Waals surface area contributed by atoms with Gasteiger partial charge in [-0.15, -0.1) is 0 Å². The quantitative estimate of drug-likeness (QED) is 0.771. The van der Waals surface area contributed by atoms with E-state index in [0.717, 1.165) is 12.1 Å². The molecule has 0 saturated carbocycles. The number of benzene rings is 2. The van der Waals surface area contributed by atoms with Crippen LogP contribution in [0.1, 0.15) is 41.3 Å². The van der Waals surface area contributed by atoms with Crippen molar-refractivity contribution >= 4 is 11.8 Å². The van der Waals surface area contributed by atoms with Gasteiger partial charge in [-0.2, -0.15) is 13.2 Å². The van der Waals surface area contributed by atoms with Gasteiger partial charge in [-0.05, 0) is 43.7 Å². The number of nitrogens with one attached hydrogen (secondary N) is 1. The molecule has 31 heavy (non-hydrogen) atoms. The molecule has 2 aromatic rings. The lowest BCUT2D eigenvalue weighted by molar-refractivity contribution is -0.137. The maximum absolute atomic E-state index is 13.2. The summed E-state index contributed by atoms with van der Waals surface area (Å²) in [6.45, 7) is 3.89. The number of rotatable bonds is 5. The number of amides is 2. The van der Waals surface area contributed by atoms with E-state index >= 15 is 0 Å². The minimum Gasteiger partial charge on any atom is -0.497 e. The Bertz CT molecular complexity index is 959. The first-order chi connectivity index (χ1) is 14.6. The number of hydrogen-bond donors (Lipinski definition) is 1. The van der Waals surface area contributed by atoms with Gasteiger partial charge in [0.05, 0.1) is 18.6 Å². The van der Waals surface area contributed by atoms with Crippen LogP contribution in [0.25, 0.3) is 0 Å². The van der Waals surface area contributed by atoms with Crippen molar-refractivity contribution in [3.63, 3.8) is 0 Å². The van der Waals surface area contributed by atoms with Gasteiger partial charge in [0.2, 0.25) is 5.91 Å². The van der Waals surface area contributed by atoms with Gasteiger partial charge in [-0.3, -0.25) is 9.59 Å². The van der Waals surface area contributed by atoms with E-state index in [1.807, 2.05) is 13.8 Å². The molecule has 2 atom stereocenters. The van der Waals surface area contributed by atoms with Gasteiger partial charge in [-0.25, -0.2) is 0 Å². The normalized spacial score (nSPS) is 18.9.